The summed E-state index contributed by atoms with van der Waals surface area (Å²) in [7, 11) is 0. The highest BCUT2D eigenvalue weighted by Gasteiger charge is 2.12. The minimum Gasteiger partial charge on any atom is -0.326 e. The second-order valence-corrected chi connectivity index (χ2v) is 6.58. The van der Waals surface area contributed by atoms with Gasteiger partial charge in [0.15, 0.2) is 0 Å². The summed E-state index contributed by atoms with van der Waals surface area (Å²) in [6, 6.07) is 0. The zero-order chi connectivity index (χ0) is 10.9. The number of unbranched alkanes of at least 4 members (excludes halogenated alkanes) is 2. The molecule has 0 aliphatic carbocycles. The van der Waals surface area contributed by atoms with Crippen molar-refractivity contribution in [1.82, 2.24) is 0 Å². The highest BCUT2D eigenvalue weighted by molar-refractivity contribution is 8.11. The van der Waals surface area contributed by atoms with E-state index in [0.29, 0.717) is 13.2 Å². The first kappa shape index (κ1) is 14.3. The normalized spacial score (nSPS) is 11.6. The Morgan fingerprint density at radius 1 is 1.14 bits per heavy atom. The molecule has 14 heavy (non-hydrogen) atoms. The van der Waals surface area contributed by atoms with Crippen LogP contribution in [0.4, 0.5) is 0 Å². The van der Waals surface area contributed by atoms with Crippen LogP contribution in [0.1, 0.15) is 39.5 Å². The van der Waals surface area contributed by atoms with Gasteiger partial charge in [-0.2, -0.15) is 0 Å². The first-order valence-electron chi connectivity index (χ1n) is 5.21. The van der Waals surface area contributed by atoms with Crippen LogP contribution in [0.25, 0.3) is 0 Å². The van der Waals surface area contributed by atoms with E-state index in [1.807, 2.05) is 0 Å². The monoisotopic (exact) mass is 236 g/mol. The van der Waals surface area contributed by atoms with E-state index >= 15 is 0 Å². The van der Waals surface area contributed by atoms with Crippen LogP contribution < -0.4 is 0 Å². The number of rotatable bonds is 9. The molecule has 0 unspecified atom stereocenters. The van der Waals surface area contributed by atoms with Gasteiger partial charge in [-0.3, -0.25) is 0 Å². The average Bonchev–Trinajstić information content (AvgIpc) is 2.19. The van der Waals surface area contributed by atoms with E-state index < -0.39 is 6.49 Å². The van der Waals surface area contributed by atoms with Gasteiger partial charge in [0, 0.05) is 0 Å². The van der Waals surface area contributed by atoms with Crippen molar-refractivity contribution in [3.8, 4) is 0 Å². The van der Waals surface area contributed by atoms with Crippen LogP contribution in [0, 0.1) is 0 Å². The molecule has 0 amide bonds. The second kappa shape index (κ2) is 8.60. The Bertz CT molecular complexity index is 181. The second-order valence-electron chi connectivity index (χ2n) is 3.10. The third-order valence-corrected chi connectivity index (χ3v) is 4.37. The van der Waals surface area contributed by atoms with Crippen molar-refractivity contribution in [2.45, 2.75) is 39.5 Å². The molecule has 0 bridgehead atoms. The lowest BCUT2D eigenvalue weighted by Gasteiger charge is -2.18. The Kier molecular flexibility index (Phi) is 8.80. The van der Waals surface area contributed by atoms with Gasteiger partial charge in [0.2, 0.25) is 6.49 Å². The maximum Gasteiger partial charge on any atom is 0.211 e. The van der Waals surface area contributed by atoms with Gasteiger partial charge in [-0.15, -0.1) is 0 Å². The van der Waals surface area contributed by atoms with E-state index in [2.05, 4.69) is 20.4 Å². The van der Waals surface area contributed by atoms with Crippen molar-refractivity contribution < 1.29 is 9.05 Å². The van der Waals surface area contributed by atoms with E-state index in [4.69, 9.17) is 20.9 Å². The van der Waals surface area contributed by atoms with Crippen molar-refractivity contribution in [1.29, 1.82) is 0 Å². The van der Waals surface area contributed by atoms with Gasteiger partial charge in [0.25, 0.3) is 0 Å². The molecule has 0 N–H and O–H groups in total. The molecule has 2 nitrogen and oxygen atoms in total. The van der Waals surface area contributed by atoms with Crippen LogP contribution in [0.5, 0.6) is 0 Å². The SMILES string of the molecule is C=CP(=S)(OCCCC)OCCCC. The minimum atomic E-state index is -2.16. The highest BCUT2D eigenvalue weighted by Crippen LogP contribution is 2.49. The lowest BCUT2D eigenvalue weighted by atomic mass is 10.4. The summed E-state index contributed by atoms with van der Waals surface area (Å²) in [5.41, 5.74) is 0. The lowest BCUT2D eigenvalue weighted by molar-refractivity contribution is 0.247. The third kappa shape index (κ3) is 6.72. The first-order chi connectivity index (χ1) is 6.68. The molecule has 0 spiro atoms. The van der Waals surface area contributed by atoms with Crippen molar-refractivity contribution in [2.75, 3.05) is 13.2 Å². The fraction of sp³-hybridized carbons (Fsp3) is 0.800. The zero-order valence-corrected chi connectivity index (χ0v) is 10.9. The highest BCUT2D eigenvalue weighted by atomic mass is 32.5. The van der Waals surface area contributed by atoms with Crippen molar-refractivity contribution in [3.05, 3.63) is 12.4 Å². The van der Waals surface area contributed by atoms with Crippen LogP contribution >= 0.6 is 6.49 Å². The van der Waals surface area contributed by atoms with Gasteiger partial charge in [-0.05, 0) is 30.5 Å². The summed E-state index contributed by atoms with van der Waals surface area (Å²) in [6.07, 6.45) is 4.29. The molecule has 0 saturated heterocycles. The van der Waals surface area contributed by atoms with Crippen LogP contribution in [0.15, 0.2) is 12.4 Å². The summed E-state index contributed by atoms with van der Waals surface area (Å²) in [6.45, 7) is 7.14. The standard InChI is InChI=1S/C10H21O2PS/c1-4-7-9-11-13(14,6-3)12-10-8-5-2/h6H,3-5,7-10H2,1-2H3. The van der Waals surface area contributed by atoms with Crippen molar-refractivity contribution in [2.24, 2.45) is 0 Å². The summed E-state index contributed by atoms with van der Waals surface area (Å²) in [4.78, 5) is 0. The largest absolute Gasteiger partial charge is 0.326 e. The van der Waals surface area contributed by atoms with Crippen LogP contribution in [0.2, 0.25) is 0 Å². The molecule has 0 radical (unpaired) electrons. The van der Waals surface area contributed by atoms with E-state index in [9.17, 15) is 0 Å². The zero-order valence-electron chi connectivity index (χ0n) is 9.20. The maximum absolute atomic E-state index is 5.55. The molecular formula is C10H21O2PS. The van der Waals surface area contributed by atoms with E-state index in [1.165, 1.54) is 0 Å². The summed E-state index contributed by atoms with van der Waals surface area (Å²) < 4.78 is 11.1. The Morgan fingerprint density at radius 3 is 1.86 bits per heavy atom. The van der Waals surface area contributed by atoms with Gasteiger partial charge in [0.1, 0.15) is 0 Å². The molecule has 0 saturated carbocycles. The quantitative estimate of drug-likeness (QED) is 0.444. The van der Waals surface area contributed by atoms with Gasteiger partial charge in [-0.1, -0.05) is 33.3 Å². The Morgan fingerprint density at radius 2 is 1.57 bits per heavy atom. The molecule has 0 aromatic carbocycles. The number of hydrogen-bond donors (Lipinski definition) is 0. The van der Waals surface area contributed by atoms with Gasteiger partial charge < -0.3 is 9.05 Å². The minimum absolute atomic E-state index is 0.686. The molecule has 0 atom stereocenters. The smallest absolute Gasteiger partial charge is 0.211 e. The van der Waals surface area contributed by atoms with E-state index in [1.54, 1.807) is 5.82 Å². The molecule has 0 aromatic heterocycles. The first-order valence-corrected chi connectivity index (χ1v) is 7.91. The molecule has 0 rings (SSSR count). The molecule has 4 heteroatoms. The predicted octanol–water partition coefficient (Wildman–Crippen LogP) is 4.07. The topological polar surface area (TPSA) is 18.5 Å². The summed E-state index contributed by atoms with van der Waals surface area (Å²) in [5.74, 6) is 1.66. The average molecular weight is 236 g/mol. The molecule has 0 aliphatic rings. The third-order valence-electron chi connectivity index (χ3n) is 1.76. The molecule has 84 valence electrons. The Labute approximate surface area is 92.9 Å². The van der Waals surface area contributed by atoms with Gasteiger partial charge in [0.05, 0.1) is 13.2 Å². The van der Waals surface area contributed by atoms with E-state index in [0.717, 1.165) is 25.7 Å². The lowest BCUT2D eigenvalue weighted by Crippen LogP contribution is -1.96. The maximum atomic E-state index is 5.55. The molecular weight excluding hydrogens is 215 g/mol. The van der Waals surface area contributed by atoms with Crippen molar-refractivity contribution in [3.63, 3.8) is 0 Å². The molecule has 0 aliphatic heterocycles. The van der Waals surface area contributed by atoms with Gasteiger partial charge in [-0.25, -0.2) is 0 Å². The van der Waals surface area contributed by atoms with Crippen LogP contribution in [-0.4, -0.2) is 13.2 Å². The summed E-state index contributed by atoms with van der Waals surface area (Å²) in [5, 5.41) is 0. The Hall–Kier alpha value is 0.310. The molecule has 0 fully saturated rings. The van der Waals surface area contributed by atoms with Crippen LogP contribution in [0.3, 0.4) is 0 Å². The number of hydrogen-bond acceptors (Lipinski definition) is 3. The summed E-state index contributed by atoms with van der Waals surface area (Å²) >= 11 is 5.28. The van der Waals surface area contributed by atoms with Crippen molar-refractivity contribution >= 4 is 18.3 Å². The fourth-order valence-corrected chi connectivity index (χ4v) is 2.31. The van der Waals surface area contributed by atoms with Gasteiger partial charge >= 0.3 is 0 Å². The Balaban J connectivity index is 3.80. The predicted molar refractivity (Wildman–Crippen MR) is 66.2 cm³/mol. The van der Waals surface area contributed by atoms with Crippen LogP contribution in [-0.2, 0) is 20.9 Å². The molecule has 0 aromatic rings. The fourth-order valence-electron chi connectivity index (χ4n) is 0.815. The molecule has 0 heterocycles. The van der Waals surface area contributed by atoms with E-state index in [-0.39, 0.29) is 0 Å².